The fourth-order valence-electron chi connectivity index (χ4n) is 1.99. The minimum absolute atomic E-state index is 0.270. The molecule has 0 spiro atoms. The molecule has 0 aliphatic heterocycles. The summed E-state index contributed by atoms with van der Waals surface area (Å²) in [6.07, 6.45) is 3.53. The Labute approximate surface area is 117 Å². The predicted octanol–water partition coefficient (Wildman–Crippen LogP) is 2.88. The van der Waals surface area contributed by atoms with Crippen LogP contribution in [0.2, 0.25) is 0 Å². The maximum atomic E-state index is 11.8. The molecular formula is C15H16N2O3. The Morgan fingerprint density at radius 1 is 1.40 bits per heavy atom. The molecule has 0 bridgehead atoms. The molecule has 0 amide bonds. The van der Waals surface area contributed by atoms with E-state index >= 15 is 0 Å². The first-order valence-electron chi connectivity index (χ1n) is 6.10. The molecule has 0 aliphatic rings. The molecule has 0 aliphatic carbocycles. The SMILES string of the molecule is C=CC(=CC)n1nc(C(=O)OC)c2ccc(OC)cc21. The van der Waals surface area contributed by atoms with Crippen molar-refractivity contribution < 1.29 is 14.3 Å². The molecule has 0 unspecified atom stereocenters. The van der Waals surface area contributed by atoms with Crippen molar-refractivity contribution in [1.82, 2.24) is 9.78 Å². The van der Waals surface area contributed by atoms with Crippen molar-refractivity contribution in [3.8, 4) is 5.75 Å². The maximum Gasteiger partial charge on any atom is 0.359 e. The highest BCUT2D eigenvalue weighted by atomic mass is 16.5. The summed E-state index contributed by atoms with van der Waals surface area (Å²) >= 11 is 0. The third-order valence-corrected chi connectivity index (χ3v) is 3.02. The zero-order chi connectivity index (χ0) is 14.7. The largest absolute Gasteiger partial charge is 0.497 e. The Balaban J connectivity index is 2.79. The molecule has 0 radical (unpaired) electrons. The topological polar surface area (TPSA) is 53.4 Å². The molecular weight excluding hydrogens is 256 g/mol. The number of allylic oxidation sites excluding steroid dienone is 3. The molecule has 2 rings (SSSR count). The fourth-order valence-corrected chi connectivity index (χ4v) is 1.99. The molecule has 0 atom stereocenters. The lowest BCUT2D eigenvalue weighted by Crippen LogP contribution is -2.04. The van der Waals surface area contributed by atoms with Gasteiger partial charge in [-0.1, -0.05) is 12.7 Å². The summed E-state index contributed by atoms with van der Waals surface area (Å²) < 4.78 is 11.6. The lowest BCUT2D eigenvalue weighted by Gasteiger charge is -2.04. The number of rotatable bonds is 4. The Hall–Kier alpha value is -2.56. The number of carbonyl (C=O) groups excluding carboxylic acids is 1. The smallest absolute Gasteiger partial charge is 0.359 e. The zero-order valence-electron chi connectivity index (χ0n) is 11.7. The molecule has 2 aromatic rings. The zero-order valence-corrected chi connectivity index (χ0v) is 11.7. The van der Waals surface area contributed by atoms with E-state index < -0.39 is 5.97 Å². The number of fused-ring (bicyclic) bond motifs is 1. The monoisotopic (exact) mass is 272 g/mol. The number of hydrogen-bond acceptors (Lipinski definition) is 4. The quantitative estimate of drug-likeness (QED) is 0.634. The van der Waals surface area contributed by atoms with Gasteiger partial charge >= 0.3 is 5.97 Å². The first-order valence-corrected chi connectivity index (χ1v) is 6.10. The van der Waals surface area contributed by atoms with Crippen LogP contribution in [0.4, 0.5) is 0 Å². The Kier molecular flexibility index (Phi) is 3.89. The third-order valence-electron chi connectivity index (χ3n) is 3.02. The number of esters is 1. The van der Waals surface area contributed by atoms with E-state index in [1.165, 1.54) is 7.11 Å². The van der Waals surface area contributed by atoms with Crippen molar-refractivity contribution >= 4 is 22.6 Å². The van der Waals surface area contributed by atoms with Crippen LogP contribution in [0, 0.1) is 0 Å². The molecule has 0 fully saturated rings. The van der Waals surface area contributed by atoms with Crippen LogP contribution in [-0.4, -0.2) is 30.0 Å². The van der Waals surface area contributed by atoms with E-state index in [1.54, 1.807) is 30.0 Å². The van der Waals surface area contributed by atoms with Crippen molar-refractivity contribution in [2.45, 2.75) is 6.92 Å². The average Bonchev–Trinajstić information content (AvgIpc) is 2.86. The lowest BCUT2D eigenvalue weighted by molar-refractivity contribution is 0.0595. The fraction of sp³-hybridized carbons (Fsp3) is 0.200. The van der Waals surface area contributed by atoms with Gasteiger partial charge in [-0.3, -0.25) is 0 Å². The number of ether oxygens (including phenoxy) is 2. The minimum atomic E-state index is -0.474. The minimum Gasteiger partial charge on any atom is -0.497 e. The number of benzene rings is 1. The lowest BCUT2D eigenvalue weighted by atomic mass is 10.2. The summed E-state index contributed by atoms with van der Waals surface area (Å²) in [5, 5.41) is 5.03. The van der Waals surface area contributed by atoms with E-state index in [1.807, 2.05) is 19.1 Å². The van der Waals surface area contributed by atoms with Crippen LogP contribution in [0.25, 0.3) is 16.6 Å². The predicted molar refractivity (Wildman–Crippen MR) is 77.8 cm³/mol. The second kappa shape index (κ2) is 5.61. The van der Waals surface area contributed by atoms with Gasteiger partial charge < -0.3 is 9.47 Å². The summed E-state index contributed by atoms with van der Waals surface area (Å²) in [5.41, 5.74) is 1.81. The van der Waals surface area contributed by atoms with Gasteiger partial charge in [0.25, 0.3) is 0 Å². The summed E-state index contributed by atoms with van der Waals surface area (Å²) in [6.45, 7) is 5.63. The second-order valence-corrected chi connectivity index (χ2v) is 4.05. The van der Waals surface area contributed by atoms with Crippen LogP contribution in [0.15, 0.2) is 36.9 Å². The highest BCUT2D eigenvalue weighted by Crippen LogP contribution is 2.26. The molecule has 0 N–H and O–H groups in total. The third kappa shape index (κ3) is 2.18. The van der Waals surface area contributed by atoms with Gasteiger partial charge in [-0.25, -0.2) is 9.48 Å². The summed E-state index contributed by atoms with van der Waals surface area (Å²) in [6, 6.07) is 5.39. The van der Waals surface area contributed by atoms with Gasteiger partial charge in [0.05, 0.1) is 25.4 Å². The number of carbonyl (C=O) groups is 1. The van der Waals surface area contributed by atoms with E-state index in [0.29, 0.717) is 11.1 Å². The number of aromatic nitrogens is 2. The maximum absolute atomic E-state index is 11.8. The van der Waals surface area contributed by atoms with Gasteiger partial charge in [0, 0.05) is 11.5 Å². The van der Waals surface area contributed by atoms with Gasteiger partial charge in [-0.2, -0.15) is 5.10 Å². The highest BCUT2D eigenvalue weighted by Gasteiger charge is 2.19. The Morgan fingerprint density at radius 2 is 2.15 bits per heavy atom. The number of methoxy groups -OCH3 is 2. The summed E-state index contributed by atoms with van der Waals surface area (Å²) in [7, 11) is 2.92. The standard InChI is InChI=1S/C15H16N2O3/c1-5-10(6-2)17-13-9-11(19-3)7-8-12(13)14(16-17)15(18)20-4/h5-9H,1H2,2-4H3. The van der Waals surface area contributed by atoms with Crippen molar-refractivity contribution in [3.63, 3.8) is 0 Å². The van der Waals surface area contributed by atoms with Crippen LogP contribution >= 0.6 is 0 Å². The first kappa shape index (κ1) is 13.9. The summed E-state index contributed by atoms with van der Waals surface area (Å²) in [5.74, 6) is 0.216. The second-order valence-electron chi connectivity index (χ2n) is 4.05. The molecule has 0 saturated heterocycles. The number of hydrogen-bond donors (Lipinski definition) is 0. The summed E-state index contributed by atoms with van der Waals surface area (Å²) in [4.78, 5) is 11.8. The van der Waals surface area contributed by atoms with Gasteiger partial charge in [0.1, 0.15) is 5.75 Å². The van der Waals surface area contributed by atoms with E-state index in [0.717, 1.165) is 11.2 Å². The van der Waals surface area contributed by atoms with Gasteiger partial charge in [-0.05, 0) is 25.1 Å². The van der Waals surface area contributed by atoms with Crippen molar-refractivity contribution in [3.05, 3.63) is 42.6 Å². The van der Waals surface area contributed by atoms with Crippen LogP contribution < -0.4 is 4.74 Å². The van der Waals surface area contributed by atoms with Crippen LogP contribution in [0.5, 0.6) is 5.75 Å². The van der Waals surface area contributed by atoms with Crippen LogP contribution in [0.1, 0.15) is 17.4 Å². The van der Waals surface area contributed by atoms with Crippen molar-refractivity contribution in [2.24, 2.45) is 0 Å². The molecule has 0 saturated carbocycles. The van der Waals surface area contributed by atoms with E-state index in [4.69, 9.17) is 9.47 Å². The van der Waals surface area contributed by atoms with Crippen molar-refractivity contribution in [2.75, 3.05) is 14.2 Å². The molecule has 1 heterocycles. The van der Waals surface area contributed by atoms with Gasteiger partial charge in [-0.15, -0.1) is 0 Å². The Bertz CT molecular complexity index is 698. The molecule has 104 valence electrons. The molecule has 5 heteroatoms. The van der Waals surface area contributed by atoms with E-state index in [-0.39, 0.29) is 5.69 Å². The van der Waals surface area contributed by atoms with Crippen molar-refractivity contribution in [1.29, 1.82) is 0 Å². The molecule has 5 nitrogen and oxygen atoms in total. The first-order chi connectivity index (χ1) is 9.65. The van der Waals surface area contributed by atoms with Gasteiger partial charge in [0.15, 0.2) is 5.69 Å². The normalized spacial score (nSPS) is 11.4. The molecule has 1 aromatic carbocycles. The number of nitrogens with zero attached hydrogens (tertiary/aromatic N) is 2. The van der Waals surface area contributed by atoms with Gasteiger partial charge in [0.2, 0.25) is 0 Å². The average molecular weight is 272 g/mol. The molecule has 1 aromatic heterocycles. The van der Waals surface area contributed by atoms with E-state index in [9.17, 15) is 4.79 Å². The van der Waals surface area contributed by atoms with Crippen LogP contribution in [-0.2, 0) is 4.74 Å². The highest BCUT2D eigenvalue weighted by molar-refractivity contribution is 6.03. The molecule has 20 heavy (non-hydrogen) atoms. The van der Waals surface area contributed by atoms with E-state index in [2.05, 4.69) is 11.7 Å². The Morgan fingerprint density at radius 3 is 2.70 bits per heavy atom. The van der Waals surface area contributed by atoms with Crippen LogP contribution in [0.3, 0.4) is 0 Å².